The number of aromatic nitrogens is 2. The molecule has 1 heterocycles. The first-order valence-corrected chi connectivity index (χ1v) is 3.38. The van der Waals surface area contributed by atoms with Crippen LogP contribution in [0.2, 0.25) is 5.15 Å². The molecule has 0 aliphatic heterocycles. The average Bonchev–Trinajstić information content (AvgIpc) is 2.14. The number of aryl methyl sites for hydroxylation is 1. The van der Waals surface area contributed by atoms with E-state index >= 15 is 0 Å². The number of halogens is 1. The Morgan fingerprint density at radius 3 is 2.40 bits per heavy atom. The van der Waals surface area contributed by atoms with Gasteiger partial charge in [-0.25, -0.2) is 0 Å². The predicted octanol–water partition coefficient (Wildman–Crippen LogP) is 1.04. The molecule has 0 spiro atoms. The van der Waals surface area contributed by atoms with Crippen molar-refractivity contribution in [3.63, 3.8) is 0 Å². The average molecular weight is 160 g/mol. The Balaban J connectivity index is 3.05. The molecule has 1 rings (SSSR count). The van der Waals surface area contributed by atoms with Crippen molar-refractivity contribution >= 4 is 11.6 Å². The largest absolute Gasteiger partial charge is 0.302 e. The summed E-state index contributed by atoms with van der Waals surface area (Å²) in [5, 5.41) is 6.51. The smallest absolute Gasteiger partial charge is 0.153 e. The third-order valence-electron chi connectivity index (χ3n) is 1.24. The molecule has 0 aliphatic rings. The van der Waals surface area contributed by atoms with E-state index in [0.717, 1.165) is 5.56 Å². The van der Waals surface area contributed by atoms with Crippen molar-refractivity contribution in [3.05, 3.63) is 16.9 Å². The Morgan fingerprint density at radius 2 is 2.20 bits per heavy atom. The van der Waals surface area contributed by atoms with Crippen LogP contribution in [0.4, 0.5) is 0 Å². The molecule has 0 atom stereocenters. The van der Waals surface area contributed by atoms with Crippen molar-refractivity contribution in [2.75, 3.05) is 19.1 Å². The molecule has 1 aromatic rings. The second-order valence-electron chi connectivity index (χ2n) is 2.36. The van der Waals surface area contributed by atoms with E-state index in [4.69, 9.17) is 11.6 Å². The van der Waals surface area contributed by atoms with Crippen molar-refractivity contribution in [3.8, 4) is 0 Å². The molecule has 1 aromatic heterocycles. The van der Waals surface area contributed by atoms with Gasteiger partial charge in [-0.2, -0.15) is 9.89 Å². The topological polar surface area (TPSA) is 21.1 Å². The van der Waals surface area contributed by atoms with E-state index in [1.807, 2.05) is 26.0 Å². The minimum absolute atomic E-state index is 0.671. The SMILES string of the molecule is Cc1cnn(N(C)C)c1Cl. The lowest BCUT2D eigenvalue weighted by Gasteiger charge is -2.12. The van der Waals surface area contributed by atoms with Crippen LogP contribution >= 0.6 is 11.6 Å². The Bertz CT molecular complexity index is 229. The van der Waals surface area contributed by atoms with Gasteiger partial charge in [-0.1, -0.05) is 11.6 Å². The molecule has 0 aliphatic carbocycles. The number of rotatable bonds is 1. The van der Waals surface area contributed by atoms with Gasteiger partial charge < -0.3 is 5.01 Å². The van der Waals surface area contributed by atoms with Gasteiger partial charge in [-0.05, 0) is 6.92 Å². The van der Waals surface area contributed by atoms with E-state index in [0.29, 0.717) is 5.15 Å². The molecule has 0 saturated carbocycles. The molecule has 0 saturated heterocycles. The second-order valence-corrected chi connectivity index (χ2v) is 2.71. The first-order chi connectivity index (χ1) is 4.63. The van der Waals surface area contributed by atoms with Gasteiger partial charge in [0.25, 0.3) is 0 Å². The van der Waals surface area contributed by atoms with Gasteiger partial charge in [0, 0.05) is 19.7 Å². The summed E-state index contributed by atoms with van der Waals surface area (Å²) in [4.78, 5) is 1.64. The number of nitrogens with zero attached hydrogens (tertiary/aromatic N) is 3. The van der Waals surface area contributed by atoms with Gasteiger partial charge in [-0.3, -0.25) is 0 Å². The third-order valence-corrected chi connectivity index (χ3v) is 1.69. The molecule has 10 heavy (non-hydrogen) atoms. The van der Waals surface area contributed by atoms with Crippen LogP contribution in [-0.2, 0) is 0 Å². The van der Waals surface area contributed by atoms with Crippen LogP contribution in [0.3, 0.4) is 0 Å². The monoisotopic (exact) mass is 159 g/mol. The zero-order valence-corrected chi connectivity index (χ0v) is 7.05. The van der Waals surface area contributed by atoms with E-state index in [9.17, 15) is 0 Å². The third kappa shape index (κ3) is 1.09. The van der Waals surface area contributed by atoms with E-state index in [1.54, 1.807) is 11.0 Å². The second kappa shape index (κ2) is 2.50. The Hall–Kier alpha value is -0.700. The van der Waals surface area contributed by atoms with Crippen molar-refractivity contribution in [1.29, 1.82) is 0 Å². The molecule has 0 radical (unpaired) electrons. The molecule has 0 unspecified atom stereocenters. The number of hydrogen-bond donors (Lipinski definition) is 0. The van der Waals surface area contributed by atoms with Crippen molar-refractivity contribution in [2.45, 2.75) is 6.92 Å². The minimum Gasteiger partial charge on any atom is -0.302 e. The molecule has 56 valence electrons. The highest BCUT2D eigenvalue weighted by molar-refractivity contribution is 6.30. The molecule has 4 heteroatoms. The standard InChI is InChI=1S/C6H10ClN3/c1-5-4-8-10(6(5)7)9(2)3/h4H,1-3H3. The van der Waals surface area contributed by atoms with Gasteiger partial charge in [0.15, 0.2) is 5.15 Å². The zero-order valence-electron chi connectivity index (χ0n) is 6.30. The van der Waals surface area contributed by atoms with E-state index in [2.05, 4.69) is 5.10 Å². The highest BCUT2D eigenvalue weighted by Crippen LogP contribution is 2.12. The first-order valence-electron chi connectivity index (χ1n) is 3.00. The van der Waals surface area contributed by atoms with Crippen molar-refractivity contribution in [1.82, 2.24) is 9.89 Å². The first kappa shape index (κ1) is 7.41. The fraction of sp³-hybridized carbons (Fsp3) is 0.500. The van der Waals surface area contributed by atoms with Gasteiger partial charge in [-0.15, -0.1) is 0 Å². The highest BCUT2D eigenvalue weighted by Gasteiger charge is 2.03. The van der Waals surface area contributed by atoms with Gasteiger partial charge in [0.1, 0.15) is 0 Å². The lowest BCUT2D eigenvalue weighted by molar-refractivity contribution is 0.639. The van der Waals surface area contributed by atoms with Crippen LogP contribution in [0, 0.1) is 6.92 Å². The van der Waals surface area contributed by atoms with Gasteiger partial charge >= 0.3 is 0 Å². The van der Waals surface area contributed by atoms with Crippen molar-refractivity contribution in [2.24, 2.45) is 0 Å². The summed E-state index contributed by atoms with van der Waals surface area (Å²) in [7, 11) is 3.77. The maximum Gasteiger partial charge on any atom is 0.153 e. The normalized spacial score (nSPS) is 10.0. The summed E-state index contributed by atoms with van der Waals surface area (Å²) in [6.07, 6.45) is 1.74. The maximum atomic E-state index is 5.86. The Kier molecular flexibility index (Phi) is 1.85. The predicted molar refractivity (Wildman–Crippen MR) is 42.0 cm³/mol. The molecule has 0 fully saturated rings. The fourth-order valence-corrected chi connectivity index (χ4v) is 0.925. The summed E-state index contributed by atoms with van der Waals surface area (Å²) < 4.78 is 0. The fourth-order valence-electron chi connectivity index (χ4n) is 0.682. The maximum absolute atomic E-state index is 5.86. The summed E-state index contributed by atoms with van der Waals surface area (Å²) in [5.74, 6) is 0. The molecule has 0 N–H and O–H groups in total. The molecule has 0 bridgehead atoms. The van der Waals surface area contributed by atoms with Crippen LogP contribution in [0.5, 0.6) is 0 Å². The molecule has 0 amide bonds. The number of hydrogen-bond acceptors (Lipinski definition) is 2. The summed E-state index contributed by atoms with van der Waals surface area (Å²) in [6.45, 7) is 1.93. The van der Waals surface area contributed by atoms with E-state index in [-0.39, 0.29) is 0 Å². The highest BCUT2D eigenvalue weighted by atomic mass is 35.5. The van der Waals surface area contributed by atoms with Crippen molar-refractivity contribution < 1.29 is 0 Å². The minimum atomic E-state index is 0.671. The summed E-state index contributed by atoms with van der Waals surface area (Å²) >= 11 is 5.86. The zero-order chi connectivity index (χ0) is 7.72. The van der Waals surface area contributed by atoms with Crippen LogP contribution in [0.15, 0.2) is 6.20 Å². The Morgan fingerprint density at radius 1 is 1.60 bits per heavy atom. The molecule has 0 aromatic carbocycles. The van der Waals surface area contributed by atoms with E-state index in [1.165, 1.54) is 0 Å². The Labute approximate surface area is 65.2 Å². The van der Waals surface area contributed by atoms with Gasteiger partial charge in [0.05, 0.1) is 6.20 Å². The summed E-state index contributed by atoms with van der Waals surface area (Å²) in [6, 6.07) is 0. The molecular weight excluding hydrogens is 150 g/mol. The van der Waals surface area contributed by atoms with Crippen LogP contribution < -0.4 is 5.01 Å². The van der Waals surface area contributed by atoms with E-state index < -0.39 is 0 Å². The van der Waals surface area contributed by atoms with Crippen LogP contribution in [0.25, 0.3) is 0 Å². The molecule has 3 nitrogen and oxygen atoms in total. The van der Waals surface area contributed by atoms with Gasteiger partial charge in [0.2, 0.25) is 0 Å². The lowest BCUT2D eigenvalue weighted by Crippen LogP contribution is -2.25. The lowest BCUT2D eigenvalue weighted by atomic mass is 10.4. The molecular formula is C6H10ClN3. The van der Waals surface area contributed by atoms with Crippen LogP contribution in [0.1, 0.15) is 5.56 Å². The summed E-state index contributed by atoms with van der Waals surface area (Å²) in [5.41, 5.74) is 0.996. The van der Waals surface area contributed by atoms with Crippen LogP contribution in [-0.4, -0.2) is 24.0 Å². The quantitative estimate of drug-likeness (QED) is 0.611.